The van der Waals surface area contributed by atoms with Gasteiger partial charge in [0, 0.05) is 68.1 Å². The van der Waals surface area contributed by atoms with Gasteiger partial charge in [-0.1, -0.05) is 12.1 Å². The summed E-state index contributed by atoms with van der Waals surface area (Å²) in [5, 5.41) is 14.6. The second-order valence-corrected chi connectivity index (χ2v) is 18.7. The van der Waals surface area contributed by atoms with Crippen molar-refractivity contribution >= 4 is 51.7 Å². The fourth-order valence-corrected chi connectivity index (χ4v) is 8.70. The van der Waals surface area contributed by atoms with E-state index in [1.165, 1.54) is 30.3 Å². The average molecular weight is 995 g/mol. The number of carbonyl (C=O) groups is 2. The molecule has 0 bridgehead atoms. The standard InChI is InChI=1S/C31H31F3N8O2.C16H21F3N4O4/c1-17-25(6-7-27(39-17)41-9-8-36-13-26(41)31(32,33)34)42(30(43)20-11-37-29(38-12-20)19-3-4-19)14-18-2-5-21-22-15-44-16-23(22)28(35)40-24(21)10-18;1-10-11(23(25)26)5-6-13(20-10)22-8-7-21(9-12(22)16(17,18)19)14(24)27-15(2,3)4/h2,5-7,10-12,19,26,36H,3-4,8-9,13-16H2,1H3,(H2,35,40);5-6,12H,7-9H2,1-4H3. The van der Waals surface area contributed by atoms with Crippen molar-refractivity contribution in [3.63, 3.8) is 0 Å². The lowest BCUT2D eigenvalue weighted by Crippen LogP contribution is -2.61. The molecule has 1 aromatic carbocycles. The topological polar surface area (TPSA) is 211 Å². The summed E-state index contributed by atoms with van der Waals surface area (Å²) >= 11 is 0. The molecule has 3 aliphatic heterocycles. The largest absolute Gasteiger partial charge is 0.444 e. The summed E-state index contributed by atoms with van der Waals surface area (Å²) in [6.45, 7) is 8.60. The molecule has 71 heavy (non-hydrogen) atoms. The molecular weight excluding hydrogens is 943 g/mol. The first-order chi connectivity index (χ1) is 33.5. The van der Waals surface area contributed by atoms with Gasteiger partial charge in [0.05, 0.1) is 53.7 Å². The minimum Gasteiger partial charge on any atom is -0.444 e. The van der Waals surface area contributed by atoms with Crippen molar-refractivity contribution in [1.82, 2.24) is 35.1 Å². The number of ether oxygens (including phenoxy) is 2. The highest BCUT2D eigenvalue weighted by Gasteiger charge is 2.49. The molecule has 7 heterocycles. The third-order valence-electron chi connectivity index (χ3n) is 12.4. The van der Waals surface area contributed by atoms with Crippen LogP contribution in [-0.4, -0.2) is 116 Å². The average Bonchev–Trinajstić information content (AvgIpc) is 4.04. The summed E-state index contributed by atoms with van der Waals surface area (Å²) in [5.74, 6) is 1.31. The van der Waals surface area contributed by atoms with Gasteiger partial charge in [0.15, 0.2) is 0 Å². The number of hydrogen-bond acceptors (Lipinski definition) is 15. The minimum absolute atomic E-state index is 0.0131. The molecule has 1 saturated carbocycles. The van der Waals surface area contributed by atoms with Crippen molar-refractivity contribution in [3.05, 3.63) is 104 Å². The van der Waals surface area contributed by atoms with E-state index in [1.807, 2.05) is 18.2 Å². The predicted octanol–water partition coefficient (Wildman–Crippen LogP) is 7.69. The first-order valence-corrected chi connectivity index (χ1v) is 22.8. The van der Waals surface area contributed by atoms with Gasteiger partial charge >= 0.3 is 18.4 Å². The summed E-state index contributed by atoms with van der Waals surface area (Å²) in [7, 11) is 0. The van der Waals surface area contributed by atoms with Gasteiger partial charge in [-0.25, -0.2) is 29.7 Å². The number of piperazine rings is 2. The summed E-state index contributed by atoms with van der Waals surface area (Å²) in [6, 6.07) is 7.61. The number of aromatic nitrogens is 5. The molecule has 2 amide bonds. The fourth-order valence-electron chi connectivity index (χ4n) is 8.70. The van der Waals surface area contributed by atoms with Crippen LogP contribution in [0.4, 0.5) is 60.0 Å². The molecule has 3 N–H and O–H groups in total. The summed E-state index contributed by atoms with van der Waals surface area (Å²) in [4.78, 5) is 63.2. The Morgan fingerprint density at radius 3 is 2.14 bits per heavy atom. The van der Waals surface area contributed by atoms with Crippen LogP contribution in [0.25, 0.3) is 10.9 Å². The highest BCUT2D eigenvalue weighted by atomic mass is 19.4. The highest BCUT2D eigenvalue weighted by Crippen LogP contribution is 2.39. The number of halogens is 6. The van der Waals surface area contributed by atoms with E-state index in [-0.39, 0.29) is 61.6 Å². The maximum Gasteiger partial charge on any atom is 0.410 e. The summed E-state index contributed by atoms with van der Waals surface area (Å²) in [5.41, 5.74) is 9.73. The van der Waals surface area contributed by atoms with Gasteiger partial charge in [-0.15, -0.1) is 0 Å². The Morgan fingerprint density at radius 2 is 1.52 bits per heavy atom. The van der Waals surface area contributed by atoms with Crippen LogP contribution in [0.15, 0.2) is 54.9 Å². The zero-order valence-electron chi connectivity index (χ0n) is 39.5. The van der Waals surface area contributed by atoms with E-state index < -0.39 is 47.6 Å². The Bertz CT molecular complexity index is 2820. The lowest BCUT2D eigenvalue weighted by atomic mass is 10.0. The molecule has 2 unspecified atom stereocenters. The van der Waals surface area contributed by atoms with Crippen molar-refractivity contribution in [3.8, 4) is 0 Å². The molecule has 5 aromatic rings. The minimum atomic E-state index is -4.63. The molecule has 3 fully saturated rings. The number of aryl methyl sites for hydroxylation is 2. The molecule has 378 valence electrons. The van der Waals surface area contributed by atoms with E-state index in [2.05, 4.69) is 30.2 Å². The van der Waals surface area contributed by atoms with Gasteiger partial charge in [0.1, 0.15) is 46.7 Å². The number of nitrogens with zero attached hydrogens (tertiary/aromatic N) is 10. The number of amides is 2. The number of nitrogens with one attached hydrogen (secondary N) is 1. The zero-order chi connectivity index (χ0) is 51.2. The van der Waals surface area contributed by atoms with Gasteiger partial charge in [0.25, 0.3) is 11.6 Å². The number of nitrogen functional groups attached to an aromatic ring is 1. The number of pyridine rings is 3. The first kappa shape index (κ1) is 50.4. The molecule has 0 radical (unpaired) electrons. The van der Waals surface area contributed by atoms with Crippen molar-refractivity contribution in [2.75, 3.05) is 59.7 Å². The van der Waals surface area contributed by atoms with Crippen LogP contribution in [-0.2, 0) is 29.2 Å². The van der Waals surface area contributed by atoms with Crippen molar-refractivity contribution in [1.29, 1.82) is 0 Å². The second kappa shape index (κ2) is 19.7. The third-order valence-corrected chi connectivity index (χ3v) is 12.4. The Morgan fingerprint density at radius 1 is 0.873 bits per heavy atom. The SMILES string of the molecule is Cc1nc(N2CCN(C(=O)OC(C)(C)C)CC2C(F)(F)F)ccc1[N+](=O)[O-].Cc1nc(N2CCNCC2C(F)(F)F)ccc1N(Cc1ccc2c3c(c(N)nc2c1)COC3)C(=O)c1cnc(C2CC2)nc1. The molecular formula is C47H52F6N12O6. The predicted molar refractivity (Wildman–Crippen MR) is 249 cm³/mol. The second-order valence-electron chi connectivity index (χ2n) is 18.7. The van der Waals surface area contributed by atoms with E-state index in [0.717, 1.165) is 56.6 Å². The smallest absolute Gasteiger partial charge is 0.410 e. The lowest BCUT2D eigenvalue weighted by molar-refractivity contribution is -0.385. The number of fused-ring (bicyclic) bond motifs is 3. The molecule has 1 aliphatic carbocycles. The Kier molecular flexibility index (Phi) is 14.0. The number of rotatable bonds is 8. The molecule has 9 rings (SSSR count). The highest BCUT2D eigenvalue weighted by molar-refractivity contribution is 6.06. The molecule has 4 aromatic heterocycles. The van der Waals surface area contributed by atoms with Gasteiger partial charge < -0.3 is 40.1 Å². The quantitative estimate of drug-likeness (QED) is 0.0867. The number of hydrogen-bond donors (Lipinski definition) is 2. The maximum atomic E-state index is 14.0. The zero-order valence-corrected chi connectivity index (χ0v) is 39.5. The van der Waals surface area contributed by atoms with Crippen LogP contribution in [0, 0.1) is 24.0 Å². The van der Waals surface area contributed by atoms with Crippen molar-refractivity contribution in [2.24, 2.45) is 0 Å². The van der Waals surface area contributed by atoms with Crippen LogP contribution in [0.2, 0.25) is 0 Å². The number of alkyl halides is 6. The number of anilines is 4. The molecule has 0 spiro atoms. The van der Waals surface area contributed by atoms with Crippen molar-refractivity contribution < 1.29 is 50.3 Å². The Labute approximate surface area is 403 Å². The van der Waals surface area contributed by atoms with Crippen LogP contribution in [0.5, 0.6) is 0 Å². The maximum absolute atomic E-state index is 14.0. The van der Waals surface area contributed by atoms with Crippen LogP contribution >= 0.6 is 0 Å². The summed E-state index contributed by atoms with van der Waals surface area (Å²) < 4.78 is 93.0. The van der Waals surface area contributed by atoms with Gasteiger partial charge in [-0.2, -0.15) is 26.3 Å². The number of nitro groups is 1. The molecule has 2 saturated heterocycles. The molecule has 18 nitrogen and oxygen atoms in total. The molecule has 24 heteroatoms. The monoisotopic (exact) mass is 994 g/mol. The van der Waals surface area contributed by atoms with Crippen LogP contribution in [0.3, 0.4) is 0 Å². The Hall–Kier alpha value is -6.95. The lowest BCUT2D eigenvalue weighted by Gasteiger charge is -2.42. The number of nitrogens with two attached hydrogens (primary N) is 1. The fraction of sp³-hybridized carbons (Fsp3) is 0.468. The van der Waals surface area contributed by atoms with E-state index >= 15 is 0 Å². The Balaban J connectivity index is 0.000000216. The number of benzene rings is 1. The van der Waals surface area contributed by atoms with E-state index in [9.17, 15) is 46.0 Å². The van der Waals surface area contributed by atoms with E-state index in [1.54, 1.807) is 44.7 Å². The van der Waals surface area contributed by atoms with Crippen LogP contribution < -0.4 is 25.8 Å². The first-order valence-electron chi connectivity index (χ1n) is 22.8. The van der Waals surface area contributed by atoms with Gasteiger partial charge in [-0.3, -0.25) is 14.9 Å². The van der Waals surface area contributed by atoms with Crippen LogP contribution in [0.1, 0.15) is 83.8 Å². The van der Waals surface area contributed by atoms with Gasteiger partial charge in [-0.05, 0) is 82.9 Å². The summed E-state index contributed by atoms with van der Waals surface area (Å²) in [6.07, 6.45) is -4.72. The van der Waals surface area contributed by atoms with E-state index in [4.69, 9.17) is 15.2 Å². The van der Waals surface area contributed by atoms with Crippen molar-refractivity contribution in [2.45, 2.75) is 103 Å². The normalized spacial score (nSPS) is 18.4. The van der Waals surface area contributed by atoms with Gasteiger partial charge in [0.2, 0.25) is 0 Å². The molecule has 4 aliphatic rings. The van der Waals surface area contributed by atoms with E-state index in [0.29, 0.717) is 54.0 Å². The third kappa shape index (κ3) is 11.3. The molecule has 2 atom stereocenters. The number of carbonyl (C=O) groups excluding carboxylic acids is 2.